The average molecular weight is 485 g/mol. The number of benzene rings is 6. The van der Waals surface area contributed by atoms with Crippen LogP contribution in [-0.2, 0) is 5.41 Å². The van der Waals surface area contributed by atoms with E-state index in [2.05, 4.69) is 123 Å². The summed E-state index contributed by atoms with van der Waals surface area (Å²) in [5.41, 5.74) is 14.8. The van der Waals surface area contributed by atoms with Gasteiger partial charge in [0.15, 0.2) is 0 Å². The smallest absolute Gasteiger partial charge is 0.143 e. The van der Waals surface area contributed by atoms with Gasteiger partial charge in [0.25, 0.3) is 0 Å². The summed E-state index contributed by atoms with van der Waals surface area (Å²) >= 11 is 0. The number of hydrogen-bond donors (Lipinski definition) is 0. The average Bonchev–Trinajstić information content (AvgIpc) is 3.58. The van der Waals surface area contributed by atoms with Crippen molar-refractivity contribution in [2.45, 2.75) is 19.3 Å². The van der Waals surface area contributed by atoms with Crippen molar-refractivity contribution < 1.29 is 4.42 Å². The third-order valence-corrected chi connectivity index (χ3v) is 9.11. The Bertz CT molecular complexity index is 2110. The molecule has 0 amide bonds. The number of hydrogen-bond acceptors (Lipinski definition) is 1. The molecule has 0 aliphatic heterocycles. The number of aryl methyl sites for hydroxylation is 2. The van der Waals surface area contributed by atoms with Crippen molar-refractivity contribution in [3.05, 3.63) is 143 Å². The van der Waals surface area contributed by atoms with Crippen LogP contribution in [0.25, 0.3) is 55.0 Å². The zero-order chi connectivity index (χ0) is 25.2. The van der Waals surface area contributed by atoms with Crippen LogP contribution in [-0.4, -0.2) is 0 Å². The van der Waals surface area contributed by atoms with Crippen molar-refractivity contribution in [2.75, 3.05) is 0 Å². The zero-order valence-electron chi connectivity index (χ0n) is 21.3. The predicted molar refractivity (Wildman–Crippen MR) is 157 cm³/mol. The third-order valence-electron chi connectivity index (χ3n) is 9.11. The lowest BCUT2D eigenvalue weighted by Crippen LogP contribution is -2.26. The van der Waals surface area contributed by atoms with Gasteiger partial charge in [-0.1, -0.05) is 103 Å². The van der Waals surface area contributed by atoms with Gasteiger partial charge in [-0.05, 0) is 80.8 Å². The molecule has 2 aliphatic rings. The molecule has 1 spiro atoms. The molecule has 1 heteroatoms. The highest BCUT2D eigenvalue weighted by atomic mass is 16.3. The first-order valence-corrected chi connectivity index (χ1v) is 13.4. The fraction of sp³-hybridized carbons (Fsp3) is 0.0811. The largest absolute Gasteiger partial charge is 0.455 e. The van der Waals surface area contributed by atoms with E-state index in [1.807, 2.05) is 0 Å². The molecule has 1 heterocycles. The van der Waals surface area contributed by atoms with E-state index >= 15 is 0 Å². The third kappa shape index (κ3) is 2.18. The summed E-state index contributed by atoms with van der Waals surface area (Å²) in [5, 5.41) is 5.02. The van der Waals surface area contributed by atoms with E-state index in [1.165, 1.54) is 77.2 Å². The topological polar surface area (TPSA) is 13.1 Å². The van der Waals surface area contributed by atoms with Gasteiger partial charge in [-0.15, -0.1) is 0 Å². The molecule has 6 aromatic carbocycles. The Labute approximate surface area is 221 Å². The van der Waals surface area contributed by atoms with Gasteiger partial charge in [-0.2, -0.15) is 0 Å². The summed E-state index contributed by atoms with van der Waals surface area (Å²) in [5.74, 6) is 0. The van der Waals surface area contributed by atoms with E-state index in [-0.39, 0.29) is 5.41 Å². The molecule has 0 bridgehead atoms. The molecule has 0 atom stereocenters. The Morgan fingerprint density at radius 1 is 0.500 bits per heavy atom. The van der Waals surface area contributed by atoms with Crippen LogP contribution in [0.5, 0.6) is 0 Å². The number of fused-ring (bicyclic) bond motifs is 16. The molecule has 2 aliphatic carbocycles. The molecule has 9 rings (SSSR count). The lowest BCUT2D eigenvalue weighted by atomic mass is 9.70. The van der Waals surface area contributed by atoms with Gasteiger partial charge >= 0.3 is 0 Å². The van der Waals surface area contributed by atoms with Crippen LogP contribution in [0.2, 0.25) is 0 Å². The normalized spacial score (nSPS) is 14.3. The van der Waals surface area contributed by atoms with E-state index in [1.54, 1.807) is 0 Å². The first kappa shape index (κ1) is 20.4. The van der Waals surface area contributed by atoms with Gasteiger partial charge in [-0.3, -0.25) is 0 Å². The van der Waals surface area contributed by atoms with E-state index in [4.69, 9.17) is 4.42 Å². The van der Waals surface area contributed by atoms with Crippen LogP contribution in [0.1, 0.15) is 33.4 Å². The second-order valence-electron chi connectivity index (χ2n) is 10.9. The van der Waals surface area contributed by atoms with Gasteiger partial charge in [-0.25, -0.2) is 0 Å². The predicted octanol–water partition coefficient (Wildman–Crippen LogP) is 9.70. The van der Waals surface area contributed by atoms with Crippen LogP contribution in [0.3, 0.4) is 0 Å². The second-order valence-corrected chi connectivity index (χ2v) is 10.9. The molecule has 1 nitrogen and oxygen atoms in total. The Kier molecular flexibility index (Phi) is 3.67. The maximum absolute atomic E-state index is 6.79. The van der Waals surface area contributed by atoms with Crippen molar-refractivity contribution in [3.8, 4) is 22.3 Å². The molecular formula is C37H24O. The standard InChI is InChI=1S/C37H24O/c1-21-19-30-34(26-14-4-3-11-23(21)26)35-31(20-22(2)33-27-15-7-10-18-32(27)38-36(33)35)37(30)28-16-8-5-12-24(28)25-13-6-9-17-29(25)37/h3-20H,1-2H3. The van der Waals surface area contributed by atoms with Crippen LogP contribution in [0, 0.1) is 13.8 Å². The van der Waals surface area contributed by atoms with E-state index in [0.29, 0.717) is 0 Å². The molecular weight excluding hydrogens is 460 g/mol. The Balaban J connectivity index is 1.60. The zero-order valence-corrected chi connectivity index (χ0v) is 21.3. The number of furan rings is 1. The maximum Gasteiger partial charge on any atom is 0.143 e. The van der Waals surface area contributed by atoms with Crippen molar-refractivity contribution in [2.24, 2.45) is 0 Å². The second kappa shape index (κ2) is 6.82. The van der Waals surface area contributed by atoms with E-state index in [9.17, 15) is 0 Å². The van der Waals surface area contributed by atoms with E-state index in [0.717, 1.165) is 11.2 Å². The minimum atomic E-state index is -0.384. The molecule has 7 aromatic rings. The van der Waals surface area contributed by atoms with Crippen molar-refractivity contribution >= 4 is 32.7 Å². The van der Waals surface area contributed by atoms with Crippen LogP contribution in [0.15, 0.2) is 114 Å². The lowest BCUT2D eigenvalue weighted by Gasteiger charge is -2.31. The minimum absolute atomic E-state index is 0.384. The fourth-order valence-corrected chi connectivity index (χ4v) is 7.72. The molecule has 0 fully saturated rings. The van der Waals surface area contributed by atoms with Gasteiger partial charge in [0.1, 0.15) is 11.2 Å². The van der Waals surface area contributed by atoms with Crippen molar-refractivity contribution in [1.29, 1.82) is 0 Å². The van der Waals surface area contributed by atoms with Crippen molar-refractivity contribution in [1.82, 2.24) is 0 Å². The molecule has 0 radical (unpaired) electrons. The summed E-state index contributed by atoms with van der Waals surface area (Å²) in [6.07, 6.45) is 0. The molecule has 178 valence electrons. The van der Waals surface area contributed by atoms with Crippen LogP contribution >= 0.6 is 0 Å². The molecule has 38 heavy (non-hydrogen) atoms. The highest BCUT2D eigenvalue weighted by molar-refractivity contribution is 6.18. The van der Waals surface area contributed by atoms with Crippen LogP contribution < -0.4 is 0 Å². The molecule has 0 saturated carbocycles. The Morgan fingerprint density at radius 3 is 1.79 bits per heavy atom. The van der Waals surface area contributed by atoms with Crippen LogP contribution in [0.4, 0.5) is 0 Å². The molecule has 1 aromatic heterocycles. The summed E-state index contributed by atoms with van der Waals surface area (Å²) in [6.45, 7) is 4.51. The minimum Gasteiger partial charge on any atom is -0.455 e. The quantitative estimate of drug-likeness (QED) is 0.209. The van der Waals surface area contributed by atoms with E-state index < -0.39 is 0 Å². The maximum atomic E-state index is 6.79. The fourth-order valence-electron chi connectivity index (χ4n) is 7.72. The molecule has 0 saturated heterocycles. The SMILES string of the molecule is Cc1cc2c(c3ccccc13)-c1c(cc(C)c3c1oc1ccccc13)C21c2ccccc2-c2ccccc21. The molecule has 0 N–H and O–H groups in total. The van der Waals surface area contributed by atoms with Gasteiger partial charge in [0, 0.05) is 16.3 Å². The van der Waals surface area contributed by atoms with Gasteiger partial charge < -0.3 is 4.42 Å². The number of para-hydroxylation sites is 1. The highest BCUT2D eigenvalue weighted by Gasteiger charge is 2.53. The summed E-state index contributed by atoms with van der Waals surface area (Å²) in [6, 6.07) is 40.3. The number of rotatable bonds is 0. The highest BCUT2D eigenvalue weighted by Crippen LogP contribution is 2.65. The first-order chi connectivity index (χ1) is 18.7. The lowest BCUT2D eigenvalue weighted by molar-refractivity contribution is 0.669. The first-order valence-electron chi connectivity index (χ1n) is 13.4. The summed E-state index contributed by atoms with van der Waals surface area (Å²) in [4.78, 5) is 0. The van der Waals surface area contributed by atoms with Crippen molar-refractivity contribution in [3.63, 3.8) is 0 Å². The summed E-state index contributed by atoms with van der Waals surface area (Å²) in [7, 11) is 0. The Hall–Kier alpha value is -4.62. The van der Waals surface area contributed by atoms with Gasteiger partial charge in [0.05, 0.1) is 5.41 Å². The monoisotopic (exact) mass is 484 g/mol. The Morgan fingerprint density at radius 2 is 1.05 bits per heavy atom. The molecule has 0 unspecified atom stereocenters. The van der Waals surface area contributed by atoms with Gasteiger partial charge in [0.2, 0.25) is 0 Å². The summed E-state index contributed by atoms with van der Waals surface area (Å²) < 4.78 is 6.79.